The van der Waals surface area contributed by atoms with E-state index < -0.39 is 23.6 Å². The summed E-state index contributed by atoms with van der Waals surface area (Å²) in [7, 11) is 0. The number of amides is 1. The summed E-state index contributed by atoms with van der Waals surface area (Å²) in [5.74, 6) is -1.93. The van der Waals surface area contributed by atoms with Gasteiger partial charge in [-0.2, -0.15) is 0 Å². The molecule has 0 unspecified atom stereocenters. The van der Waals surface area contributed by atoms with Gasteiger partial charge in [-0.25, -0.2) is 14.4 Å². The third-order valence-corrected chi connectivity index (χ3v) is 4.98. The Bertz CT molecular complexity index is 1420. The van der Waals surface area contributed by atoms with Gasteiger partial charge in [-0.1, -0.05) is 48.5 Å². The minimum absolute atomic E-state index is 0.195. The largest absolute Gasteiger partial charge is 0.478 e. The molecule has 4 aromatic rings. The quantitative estimate of drug-likeness (QED) is 0.267. The van der Waals surface area contributed by atoms with E-state index in [1.54, 1.807) is 69.3 Å². The van der Waals surface area contributed by atoms with Crippen molar-refractivity contribution in [2.45, 2.75) is 26.4 Å². The van der Waals surface area contributed by atoms with Crippen LogP contribution in [-0.4, -0.2) is 33.8 Å². The summed E-state index contributed by atoms with van der Waals surface area (Å²) in [6, 6.07) is 20.4. The highest BCUT2D eigenvalue weighted by molar-refractivity contribution is 6.10. The lowest BCUT2D eigenvalue weighted by atomic mass is 10.0. The van der Waals surface area contributed by atoms with Crippen molar-refractivity contribution in [1.29, 1.82) is 0 Å². The van der Waals surface area contributed by atoms with E-state index in [4.69, 9.17) is 15.6 Å². The van der Waals surface area contributed by atoms with Gasteiger partial charge < -0.3 is 20.7 Å². The van der Waals surface area contributed by atoms with Crippen LogP contribution in [0.15, 0.2) is 72.8 Å². The molecule has 0 aromatic heterocycles. The molecule has 0 saturated carbocycles. The highest BCUT2D eigenvalue weighted by Gasteiger charge is 2.18. The van der Waals surface area contributed by atoms with Crippen LogP contribution in [0.3, 0.4) is 0 Å². The lowest BCUT2D eigenvalue weighted by Crippen LogP contribution is -2.27. The summed E-state index contributed by atoms with van der Waals surface area (Å²) in [6.45, 7) is 5.33. The van der Waals surface area contributed by atoms with Crippen molar-refractivity contribution in [3.8, 4) is 0 Å². The Balaban J connectivity index is 0.000000211. The maximum atomic E-state index is 11.8. The van der Waals surface area contributed by atoms with Crippen LogP contribution in [0, 0.1) is 0 Å². The summed E-state index contributed by atoms with van der Waals surface area (Å²) < 4.78 is 5.20. The lowest BCUT2D eigenvalue weighted by molar-refractivity contribution is 0.0633. The van der Waals surface area contributed by atoms with Crippen LogP contribution in [0.4, 0.5) is 16.2 Å². The van der Waals surface area contributed by atoms with Crippen LogP contribution >= 0.6 is 0 Å². The van der Waals surface area contributed by atoms with Crippen molar-refractivity contribution in [3.05, 3.63) is 83.9 Å². The molecule has 35 heavy (non-hydrogen) atoms. The van der Waals surface area contributed by atoms with Crippen LogP contribution in [0.2, 0.25) is 0 Å². The normalized spacial score (nSPS) is 10.8. The average molecular weight is 475 g/mol. The van der Waals surface area contributed by atoms with Crippen LogP contribution < -0.4 is 11.1 Å². The Labute approximate surface area is 201 Å². The van der Waals surface area contributed by atoms with E-state index in [1.807, 2.05) is 12.1 Å². The highest BCUT2D eigenvalue weighted by atomic mass is 16.6. The molecule has 0 spiro atoms. The molecule has 0 saturated heterocycles. The second-order valence-electron chi connectivity index (χ2n) is 8.69. The number of nitrogens with one attached hydrogen (secondary N) is 1. The van der Waals surface area contributed by atoms with Gasteiger partial charge in [0.2, 0.25) is 0 Å². The first kappa shape index (κ1) is 25.0. The Kier molecular flexibility index (Phi) is 7.25. The van der Waals surface area contributed by atoms with Crippen molar-refractivity contribution in [2.75, 3.05) is 11.1 Å². The van der Waals surface area contributed by atoms with Crippen LogP contribution in [0.1, 0.15) is 41.5 Å². The number of hydrogen-bond donors (Lipinski definition) is 4. The number of anilines is 2. The Hall–Kier alpha value is -4.59. The standard InChI is InChI=1S/C16H17NO4.C11H9NO2/c1-16(2,3)21-15(20)17-13-9-8-12(14(18)19)10-6-4-5-7-11(10)13;12-10-6-5-9(11(13)14)7-3-1-2-4-8(7)10/h4-9H,1-3H3,(H,17,20)(H,18,19);1-6H,12H2,(H,13,14). The highest BCUT2D eigenvalue weighted by Crippen LogP contribution is 2.27. The Morgan fingerprint density at radius 3 is 1.69 bits per heavy atom. The van der Waals surface area contributed by atoms with E-state index >= 15 is 0 Å². The molecule has 0 atom stereocenters. The lowest BCUT2D eigenvalue weighted by Gasteiger charge is -2.20. The van der Waals surface area contributed by atoms with Crippen LogP contribution in [-0.2, 0) is 4.74 Å². The van der Waals surface area contributed by atoms with Gasteiger partial charge in [-0.05, 0) is 55.8 Å². The molecule has 0 fully saturated rings. The van der Waals surface area contributed by atoms with Crippen LogP contribution in [0.5, 0.6) is 0 Å². The maximum Gasteiger partial charge on any atom is 0.412 e. The first-order chi connectivity index (χ1) is 16.5. The number of carbonyl (C=O) groups is 3. The van der Waals surface area contributed by atoms with E-state index in [1.165, 1.54) is 12.1 Å². The second-order valence-corrected chi connectivity index (χ2v) is 8.69. The number of rotatable bonds is 3. The first-order valence-corrected chi connectivity index (χ1v) is 10.7. The third kappa shape index (κ3) is 6.05. The van der Waals surface area contributed by atoms with Crippen LogP contribution in [0.25, 0.3) is 21.5 Å². The van der Waals surface area contributed by atoms with E-state index in [0.29, 0.717) is 27.5 Å². The van der Waals surface area contributed by atoms with Gasteiger partial charge in [-0.15, -0.1) is 0 Å². The van der Waals surface area contributed by atoms with E-state index in [0.717, 1.165) is 5.39 Å². The number of benzene rings is 4. The molecule has 0 heterocycles. The van der Waals surface area contributed by atoms with E-state index in [-0.39, 0.29) is 11.1 Å². The SMILES string of the molecule is CC(C)(C)OC(=O)Nc1ccc(C(=O)O)c2ccccc12.Nc1ccc(C(=O)O)c2ccccc12. The zero-order chi connectivity index (χ0) is 25.8. The predicted octanol–water partition coefficient (Wildman–Crippen LogP) is 6.01. The zero-order valence-corrected chi connectivity index (χ0v) is 19.5. The van der Waals surface area contributed by atoms with E-state index in [2.05, 4.69) is 5.32 Å². The minimum Gasteiger partial charge on any atom is -0.478 e. The number of ether oxygens (including phenoxy) is 1. The van der Waals surface area contributed by atoms with Crippen molar-refractivity contribution in [3.63, 3.8) is 0 Å². The molecule has 0 aliphatic carbocycles. The monoisotopic (exact) mass is 474 g/mol. The van der Waals surface area contributed by atoms with Gasteiger partial charge in [0.15, 0.2) is 0 Å². The molecule has 5 N–H and O–H groups in total. The molecule has 0 aliphatic heterocycles. The van der Waals surface area contributed by atoms with Gasteiger partial charge in [0.25, 0.3) is 0 Å². The minimum atomic E-state index is -1.00. The molecule has 0 radical (unpaired) electrons. The molecule has 8 nitrogen and oxygen atoms in total. The van der Waals surface area contributed by atoms with E-state index in [9.17, 15) is 19.5 Å². The number of carboxylic acid groups (broad SMARTS) is 2. The molecular weight excluding hydrogens is 448 g/mol. The number of carbonyl (C=O) groups excluding carboxylic acids is 1. The summed E-state index contributed by atoms with van der Waals surface area (Å²) in [6.07, 6.45) is -0.573. The maximum absolute atomic E-state index is 11.8. The van der Waals surface area contributed by atoms with Crippen molar-refractivity contribution in [2.24, 2.45) is 0 Å². The summed E-state index contributed by atoms with van der Waals surface area (Å²) in [5.41, 5.74) is 6.74. The molecule has 4 aromatic carbocycles. The zero-order valence-electron chi connectivity index (χ0n) is 19.5. The predicted molar refractivity (Wildman–Crippen MR) is 136 cm³/mol. The first-order valence-electron chi connectivity index (χ1n) is 10.7. The fourth-order valence-electron chi connectivity index (χ4n) is 3.52. The van der Waals surface area contributed by atoms with Gasteiger partial charge in [0.1, 0.15) is 5.60 Å². The molecule has 4 rings (SSSR count). The average Bonchev–Trinajstić information content (AvgIpc) is 2.78. The summed E-state index contributed by atoms with van der Waals surface area (Å²) >= 11 is 0. The number of fused-ring (bicyclic) bond motifs is 2. The fourth-order valence-corrected chi connectivity index (χ4v) is 3.52. The smallest absolute Gasteiger partial charge is 0.412 e. The molecule has 1 amide bonds. The molecule has 8 heteroatoms. The van der Waals surface area contributed by atoms with Gasteiger partial charge in [-0.3, -0.25) is 5.32 Å². The van der Waals surface area contributed by atoms with Crippen molar-refractivity contribution >= 4 is 51.0 Å². The number of aromatic carboxylic acids is 2. The Morgan fingerprint density at radius 1 is 0.714 bits per heavy atom. The number of carboxylic acids is 2. The van der Waals surface area contributed by atoms with Crippen molar-refractivity contribution < 1.29 is 29.3 Å². The molecule has 0 bridgehead atoms. The number of hydrogen-bond acceptors (Lipinski definition) is 5. The summed E-state index contributed by atoms with van der Waals surface area (Å²) in [5, 5.41) is 23.5. The number of nitrogen functional groups attached to an aromatic ring is 1. The van der Waals surface area contributed by atoms with Gasteiger partial charge >= 0.3 is 18.0 Å². The molecule has 0 aliphatic rings. The third-order valence-electron chi connectivity index (χ3n) is 4.98. The van der Waals surface area contributed by atoms with Gasteiger partial charge in [0.05, 0.1) is 16.8 Å². The molecule has 180 valence electrons. The molecular formula is C27H26N2O6. The summed E-state index contributed by atoms with van der Waals surface area (Å²) in [4.78, 5) is 34.0. The fraction of sp³-hybridized carbons (Fsp3) is 0.148. The Morgan fingerprint density at radius 2 is 1.17 bits per heavy atom. The number of nitrogens with two attached hydrogens (primary N) is 1. The van der Waals surface area contributed by atoms with Gasteiger partial charge in [0, 0.05) is 16.5 Å². The second kappa shape index (κ2) is 10.1. The van der Waals surface area contributed by atoms with Crippen molar-refractivity contribution in [1.82, 2.24) is 0 Å². The topological polar surface area (TPSA) is 139 Å².